The lowest BCUT2D eigenvalue weighted by atomic mass is 10.1. The van der Waals surface area contributed by atoms with Gasteiger partial charge in [0.15, 0.2) is 6.61 Å². The summed E-state index contributed by atoms with van der Waals surface area (Å²) in [5.41, 5.74) is 2.07. The van der Waals surface area contributed by atoms with Crippen LogP contribution < -0.4 is 5.32 Å². The average molecular weight is 570 g/mol. The van der Waals surface area contributed by atoms with Crippen LogP contribution in [0.3, 0.4) is 0 Å². The molecule has 0 aliphatic rings. The molecule has 0 saturated heterocycles. The van der Waals surface area contributed by atoms with E-state index in [1.54, 1.807) is 36.0 Å². The molecule has 1 N–H and O–H groups in total. The molecule has 0 aliphatic carbocycles. The third-order valence-electron chi connectivity index (χ3n) is 3.95. The van der Waals surface area contributed by atoms with Crippen molar-refractivity contribution < 1.29 is 14.3 Å². The molecular weight excluding hydrogens is 554 g/mol. The van der Waals surface area contributed by atoms with E-state index in [-0.39, 0.29) is 6.61 Å². The second-order valence-electron chi connectivity index (χ2n) is 6.19. The summed E-state index contributed by atoms with van der Waals surface area (Å²) in [6.45, 7) is -0.366. The molecule has 4 nitrogen and oxygen atoms in total. The first-order chi connectivity index (χ1) is 14.4. The second-order valence-corrected chi connectivity index (χ2v) is 9.44. The van der Waals surface area contributed by atoms with Crippen molar-refractivity contribution in [3.05, 3.63) is 91.8 Å². The molecule has 0 bridgehead atoms. The van der Waals surface area contributed by atoms with Crippen LogP contribution in [0.2, 0.25) is 5.02 Å². The molecule has 3 aromatic rings. The smallest absolute Gasteiger partial charge is 0.338 e. The number of carbonyl (C=O) groups is 2. The van der Waals surface area contributed by atoms with Crippen LogP contribution >= 0.6 is 55.2 Å². The zero-order chi connectivity index (χ0) is 21.5. The van der Waals surface area contributed by atoms with Crippen LogP contribution in [0.15, 0.2) is 80.6 Å². The third kappa shape index (κ3) is 6.87. The number of carbonyl (C=O) groups excluding carboxylic acids is 2. The summed E-state index contributed by atoms with van der Waals surface area (Å²) >= 11 is 14.3. The van der Waals surface area contributed by atoms with Crippen LogP contribution in [-0.4, -0.2) is 18.5 Å². The summed E-state index contributed by atoms with van der Waals surface area (Å²) in [6.07, 6.45) is 0. The molecule has 0 aliphatic heterocycles. The number of anilines is 1. The van der Waals surface area contributed by atoms with E-state index in [4.69, 9.17) is 16.3 Å². The zero-order valence-corrected chi connectivity index (χ0v) is 20.3. The quantitative estimate of drug-likeness (QED) is 0.247. The molecule has 0 aromatic heterocycles. The zero-order valence-electron chi connectivity index (χ0n) is 15.5. The third-order valence-corrected chi connectivity index (χ3v) is 6.43. The Bertz CT molecular complexity index is 1040. The molecule has 0 unspecified atom stereocenters. The highest BCUT2D eigenvalue weighted by atomic mass is 79.9. The predicted molar refractivity (Wildman–Crippen MR) is 128 cm³/mol. The topological polar surface area (TPSA) is 55.4 Å². The highest BCUT2D eigenvalue weighted by Crippen LogP contribution is 2.26. The van der Waals surface area contributed by atoms with Gasteiger partial charge in [-0.25, -0.2) is 4.79 Å². The predicted octanol–water partition coefficient (Wildman–Crippen LogP) is 6.95. The van der Waals surface area contributed by atoms with E-state index in [2.05, 4.69) is 37.2 Å². The summed E-state index contributed by atoms with van der Waals surface area (Å²) in [5.74, 6) is -0.194. The summed E-state index contributed by atoms with van der Waals surface area (Å²) in [6, 6.07) is 20.2. The molecule has 30 heavy (non-hydrogen) atoms. The first-order valence-corrected chi connectivity index (χ1v) is 11.7. The molecule has 0 heterocycles. The van der Waals surface area contributed by atoms with Gasteiger partial charge in [0.2, 0.25) is 0 Å². The van der Waals surface area contributed by atoms with Crippen molar-refractivity contribution in [3.63, 3.8) is 0 Å². The molecule has 1 amide bonds. The van der Waals surface area contributed by atoms with Gasteiger partial charge in [0.1, 0.15) is 0 Å². The van der Waals surface area contributed by atoms with Gasteiger partial charge in [0.05, 0.1) is 11.3 Å². The average Bonchev–Trinajstić information content (AvgIpc) is 2.74. The Labute approximate surface area is 200 Å². The molecule has 3 aromatic carbocycles. The molecule has 0 radical (unpaired) electrons. The van der Waals surface area contributed by atoms with Gasteiger partial charge in [-0.1, -0.05) is 39.7 Å². The minimum atomic E-state index is -0.545. The lowest BCUT2D eigenvalue weighted by Gasteiger charge is -2.09. The Kier molecular flexibility index (Phi) is 8.39. The van der Waals surface area contributed by atoms with E-state index in [9.17, 15) is 9.59 Å². The highest BCUT2D eigenvalue weighted by molar-refractivity contribution is 9.11. The van der Waals surface area contributed by atoms with Gasteiger partial charge in [0, 0.05) is 24.6 Å². The lowest BCUT2D eigenvalue weighted by Crippen LogP contribution is -2.21. The van der Waals surface area contributed by atoms with Crippen molar-refractivity contribution in [1.82, 2.24) is 0 Å². The standard InChI is InChI=1S/C22H16Br2ClNO3S/c23-16-5-10-20(19(24)11-16)26-21(27)12-29-22(28)15-3-1-14(2-4-15)13-30-18-8-6-17(25)7-9-18/h1-11H,12-13H2,(H,26,27). The van der Waals surface area contributed by atoms with E-state index >= 15 is 0 Å². The number of thioether (sulfide) groups is 1. The van der Waals surface area contributed by atoms with Gasteiger partial charge in [-0.3, -0.25) is 4.79 Å². The van der Waals surface area contributed by atoms with Crippen LogP contribution in [0.25, 0.3) is 0 Å². The van der Waals surface area contributed by atoms with Crippen LogP contribution in [-0.2, 0) is 15.3 Å². The Hall–Kier alpha value is -1.80. The van der Waals surface area contributed by atoms with Crippen LogP contribution in [0.5, 0.6) is 0 Å². The van der Waals surface area contributed by atoms with Gasteiger partial charge in [-0.15, -0.1) is 11.8 Å². The van der Waals surface area contributed by atoms with Gasteiger partial charge in [-0.05, 0) is 76.1 Å². The monoisotopic (exact) mass is 567 g/mol. The van der Waals surface area contributed by atoms with E-state index in [0.717, 1.165) is 25.2 Å². The van der Waals surface area contributed by atoms with Crippen molar-refractivity contribution >= 4 is 72.8 Å². The van der Waals surface area contributed by atoms with Crippen molar-refractivity contribution in [3.8, 4) is 0 Å². The number of amides is 1. The molecule has 0 fully saturated rings. The lowest BCUT2D eigenvalue weighted by molar-refractivity contribution is -0.119. The number of esters is 1. The Balaban J connectivity index is 1.48. The SMILES string of the molecule is O=C(COC(=O)c1ccc(CSc2ccc(Cl)cc2)cc1)Nc1ccc(Br)cc1Br. The number of hydrogen-bond acceptors (Lipinski definition) is 4. The number of benzene rings is 3. The normalized spacial score (nSPS) is 10.5. The van der Waals surface area contributed by atoms with Crippen molar-refractivity contribution in [2.45, 2.75) is 10.6 Å². The fourth-order valence-electron chi connectivity index (χ4n) is 2.43. The molecule has 0 saturated carbocycles. The first kappa shape index (κ1) is 22.9. The number of halogens is 3. The number of nitrogens with one attached hydrogen (secondary N) is 1. The van der Waals surface area contributed by atoms with E-state index in [1.807, 2.05) is 42.5 Å². The number of rotatable bonds is 7. The summed E-state index contributed by atoms with van der Waals surface area (Å²) in [7, 11) is 0. The minimum absolute atomic E-state index is 0.366. The molecular formula is C22H16Br2ClNO3S. The Morgan fingerprint density at radius 2 is 1.67 bits per heavy atom. The van der Waals surface area contributed by atoms with Crippen LogP contribution in [0.4, 0.5) is 5.69 Å². The maximum atomic E-state index is 12.2. The van der Waals surface area contributed by atoms with Crippen molar-refractivity contribution in [2.75, 3.05) is 11.9 Å². The molecule has 0 spiro atoms. The number of ether oxygens (including phenoxy) is 1. The first-order valence-electron chi connectivity index (χ1n) is 8.80. The van der Waals surface area contributed by atoms with Gasteiger partial charge >= 0.3 is 5.97 Å². The fourth-order valence-corrected chi connectivity index (χ4v) is 4.55. The fraction of sp³-hybridized carbons (Fsp3) is 0.0909. The molecule has 8 heteroatoms. The molecule has 3 rings (SSSR count). The van der Waals surface area contributed by atoms with Crippen molar-refractivity contribution in [2.24, 2.45) is 0 Å². The largest absolute Gasteiger partial charge is 0.452 e. The summed E-state index contributed by atoms with van der Waals surface area (Å²) in [5, 5.41) is 3.40. The summed E-state index contributed by atoms with van der Waals surface area (Å²) in [4.78, 5) is 25.4. The maximum Gasteiger partial charge on any atom is 0.338 e. The molecule has 0 atom stereocenters. The van der Waals surface area contributed by atoms with Gasteiger partial charge < -0.3 is 10.1 Å². The van der Waals surface area contributed by atoms with E-state index in [0.29, 0.717) is 16.3 Å². The summed E-state index contributed by atoms with van der Waals surface area (Å²) < 4.78 is 6.72. The second kappa shape index (κ2) is 11.0. The van der Waals surface area contributed by atoms with Crippen molar-refractivity contribution in [1.29, 1.82) is 0 Å². The molecule has 154 valence electrons. The Morgan fingerprint density at radius 3 is 2.33 bits per heavy atom. The Morgan fingerprint density at radius 1 is 0.967 bits per heavy atom. The van der Waals surface area contributed by atoms with E-state index in [1.165, 1.54) is 0 Å². The van der Waals surface area contributed by atoms with E-state index < -0.39 is 11.9 Å². The van der Waals surface area contributed by atoms with Gasteiger partial charge in [0.25, 0.3) is 5.91 Å². The maximum absolute atomic E-state index is 12.2. The minimum Gasteiger partial charge on any atom is -0.452 e. The van der Waals surface area contributed by atoms with Crippen LogP contribution in [0, 0.1) is 0 Å². The van der Waals surface area contributed by atoms with Gasteiger partial charge in [-0.2, -0.15) is 0 Å². The number of hydrogen-bond donors (Lipinski definition) is 1. The van der Waals surface area contributed by atoms with Crippen LogP contribution in [0.1, 0.15) is 15.9 Å². The highest BCUT2D eigenvalue weighted by Gasteiger charge is 2.12.